The predicted molar refractivity (Wildman–Crippen MR) is 117 cm³/mol. The van der Waals surface area contributed by atoms with Crippen LogP contribution in [0, 0.1) is 0 Å². The highest BCUT2D eigenvalue weighted by molar-refractivity contribution is 7.98. The van der Waals surface area contributed by atoms with Crippen molar-refractivity contribution in [2.45, 2.75) is 62.9 Å². The standard InChI is InChI=1S/C18H31N5O9S/c1-8(24)14(18(31)32)23-17(30)11(7-12(20)25)22-16(29)10(3-4-13(26)27)21-15(28)9(19)5-6-33-2/h8-11,14,24H,3-7,19H2,1-2H3,(H2,20,25)(H,21,28)(H,22,29)(H,23,30)(H,26,27)(H,31,32). The summed E-state index contributed by atoms with van der Waals surface area (Å²) < 4.78 is 0. The van der Waals surface area contributed by atoms with Gasteiger partial charge in [0.05, 0.1) is 18.6 Å². The van der Waals surface area contributed by atoms with Crippen molar-refractivity contribution in [2.24, 2.45) is 11.5 Å². The van der Waals surface area contributed by atoms with Gasteiger partial charge in [-0.15, -0.1) is 0 Å². The highest BCUT2D eigenvalue weighted by atomic mass is 32.2. The number of aliphatic hydroxyl groups is 1. The normalized spacial score (nSPS) is 15.3. The van der Waals surface area contributed by atoms with Crippen LogP contribution < -0.4 is 27.4 Å². The van der Waals surface area contributed by atoms with E-state index in [1.165, 1.54) is 11.8 Å². The molecule has 0 aromatic carbocycles. The molecule has 0 aliphatic carbocycles. The molecule has 0 saturated carbocycles. The first-order valence-corrected chi connectivity index (χ1v) is 11.3. The highest BCUT2D eigenvalue weighted by Crippen LogP contribution is 2.05. The second-order valence-electron chi connectivity index (χ2n) is 7.18. The van der Waals surface area contributed by atoms with Gasteiger partial charge in [0.2, 0.25) is 23.6 Å². The van der Waals surface area contributed by atoms with Crippen molar-refractivity contribution in [3.05, 3.63) is 0 Å². The lowest BCUT2D eigenvalue weighted by Gasteiger charge is -2.25. The minimum atomic E-state index is -1.73. The number of carboxylic acids is 2. The topological polar surface area (TPSA) is 251 Å². The van der Waals surface area contributed by atoms with Crippen LogP contribution >= 0.6 is 11.8 Å². The fourth-order valence-corrected chi connectivity index (χ4v) is 3.01. The van der Waals surface area contributed by atoms with Gasteiger partial charge in [0, 0.05) is 6.42 Å². The van der Waals surface area contributed by atoms with Crippen molar-refractivity contribution in [3.8, 4) is 0 Å². The number of amides is 4. The second kappa shape index (κ2) is 15.0. The zero-order chi connectivity index (χ0) is 25.7. The number of carbonyl (C=O) groups excluding carboxylic acids is 4. The summed E-state index contributed by atoms with van der Waals surface area (Å²) in [7, 11) is 0. The van der Waals surface area contributed by atoms with Crippen molar-refractivity contribution in [1.82, 2.24) is 16.0 Å². The number of hydrogen-bond acceptors (Lipinski definition) is 9. The Morgan fingerprint density at radius 3 is 1.91 bits per heavy atom. The van der Waals surface area contributed by atoms with E-state index in [-0.39, 0.29) is 6.42 Å². The zero-order valence-corrected chi connectivity index (χ0v) is 19.1. The molecular formula is C18H31N5O9S. The third-order valence-electron chi connectivity index (χ3n) is 4.33. The van der Waals surface area contributed by atoms with Gasteiger partial charge in [0.15, 0.2) is 6.04 Å². The number of hydrogen-bond donors (Lipinski definition) is 8. The molecule has 5 unspecified atom stereocenters. The van der Waals surface area contributed by atoms with Gasteiger partial charge >= 0.3 is 11.9 Å². The maximum absolute atomic E-state index is 12.7. The molecule has 0 aliphatic rings. The third-order valence-corrected chi connectivity index (χ3v) is 4.98. The Hall–Kier alpha value is -2.91. The summed E-state index contributed by atoms with van der Waals surface area (Å²) in [5.74, 6) is -6.11. The molecular weight excluding hydrogens is 462 g/mol. The van der Waals surface area contributed by atoms with Crippen molar-refractivity contribution >= 4 is 47.3 Å². The molecule has 0 saturated heterocycles. The fourth-order valence-electron chi connectivity index (χ4n) is 2.52. The molecule has 5 atom stereocenters. The molecule has 4 amide bonds. The summed E-state index contributed by atoms with van der Waals surface area (Å²) in [4.78, 5) is 70.9. The quantitative estimate of drug-likeness (QED) is 0.106. The molecule has 10 N–H and O–H groups in total. The van der Waals surface area contributed by atoms with E-state index >= 15 is 0 Å². The maximum atomic E-state index is 12.7. The van der Waals surface area contributed by atoms with E-state index < -0.39 is 78.7 Å². The Labute approximate surface area is 194 Å². The number of aliphatic hydroxyl groups excluding tert-OH is 1. The second-order valence-corrected chi connectivity index (χ2v) is 8.16. The number of thioether (sulfide) groups is 1. The lowest BCUT2D eigenvalue weighted by molar-refractivity contribution is -0.145. The van der Waals surface area contributed by atoms with Crippen molar-refractivity contribution in [2.75, 3.05) is 12.0 Å². The lowest BCUT2D eigenvalue weighted by Crippen LogP contribution is -2.59. The van der Waals surface area contributed by atoms with Gasteiger partial charge in [-0.2, -0.15) is 11.8 Å². The van der Waals surface area contributed by atoms with Gasteiger partial charge in [-0.3, -0.25) is 24.0 Å². The number of nitrogens with two attached hydrogens (primary N) is 2. The highest BCUT2D eigenvalue weighted by Gasteiger charge is 2.32. The van der Waals surface area contributed by atoms with E-state index in [1.807, 2.05) is 11.6 Å². The molecule has 0 fully saturated rings. The van der Waals surface area contributed by atoms with Crippen LogP contribution in [0.5, 0.6) is 0 Å². The first-order chi connectivity index (χ1) is 15.3. The summed E-state index contributed by atoms with van der Waals surface area (Å²) in [6, 6.07) is -5.76. The Morgan fingerprint density at radius 1 is 0.909 bits per heavy atom. The molecule has 0 spiro atoms. The SMILES string of the molecule is CSCCC(N)C(=O)NC(CCC(=O)O)C(=O)NC(CC(N)=O)C(=O)NC(C(=O)O)C(C)O. The molecule has 33 heavy (non-hydrogen) atoms. The van der Waals surface area contributed by atoms with E-state index in [9.17, 15) is 33.9 Å². The molecule has 0 aromatic rings. The zero-order valence-electron chi connectivity index (χ0n) is 18.3. The Bertz CT molecular complexity index is 734. The number of primary amides is 1. The van der Waals surface area contributed by atoms with Gasteiger partial charge in [-0.05, 0) is 31.8 Å². The Kier molecular flexibility index (Phi) is 13.7. The molecule has 0 aliphatic heterocycles. The average Bonchev–Trinajstić information content (AvgIpc) is 2.70. The van der Waals surface area contributed by atoms with Crippen LogP contribution in [0.25, 0.3) is 0 Å². The van der Waals surface area contributed by atoms with Crippen LogP contribution in [0.2, 0.25) is 0 Å². The van der Waals surface area contributed by atoms with Gasteiger partial charge in [-0.25, -0.2) is 4.79 Å². The van der Waals surface area contributed by atoms with Gasteiger partial charge in [0.25, 0.3) is 0 Å². The molecule has 0 aromatic heterocycles. The van der Waals surface area contributed by atoms with E-state index in [4.69, 9.17) is 21.7 Å². The summed E-state index contributed by atoms with van der Waals surface area (Å²) >= 11 is 1.45. The van der Waals surface area contributed by atoms with Crippen molar-refractivity contribution < 1.29 is 44.1 Å². The summed E-state index contributed by atoms with van der Waals surface area (Å²) in [6.45, 7) is 1.11. The van der Waals surface area contributed by atoms with Crippen molar-refractivity contribution in [1.29, 1.82) is 0 Å². The third kappa shape index (κ3) is 12.1. The van der Waals surface area contributed by atoms with Crippen molar-refractivity contribution in [3.63, 3.8) is 0 Å². The number of nitrogens with one attached hydrogen (secondary N) is 3. The lowest BCUT2D eigenvalue weighted by atomic mass is 10.1. The number of rotatable bonds is 16. The average molecular weight is 494 g/mol. The first kappa shape index (κ1) is 30.1. The molecule has 0 radical (unpaired) electrons. The van der Waals surface area contributed by atoms with Crippen LogP contribution in [0.1, 0.15) is 32.6 Å². The van der Waals surface area contributed by atoms with E-state index in [0.717, 1.165) is 6.92 Å². The minimum Gasteiger partial charge on any atom is -0.481 e. The van der Waals surface area contributed by atoms with E-state index in [1.54, 1.807) is 0 Å². The van der Waals surface area contributed by atoms with Gasteiger partial charge in [-0.1, -0.05) is 0 Å². The van der Waals surface area contributed by atoms with Crippen LogP contribution in [0.4, 0.5) is 0 Å². The van der Waals surface area contributed by atoms with Crippen LogP contribution in [-0.4, -0.2) is 93.2 Å². The number of aliphatic carboxylic acids is 2. The summed E-state index contributed by atoms with van der Waals surface area (Å²) in [5.41, 5.74) is 10.9. The van der Waals surface area contributed by atoms with E-state index in [2.05, 4.69) is 10.6 Å². The molecule has 0 rings (SSSR count). The maximum Gasteiger partial charge on any atom is 0.328 e. The molecule has 14 nitrogen and oxygen atoms in total. The number of carbonyl (C=O) groups is 6. The molecule has 0 heterocycles. The smallest absolute Gasteiger partial charge is 0.328 e. The molecule has 0 bridgehead atoms. The Balaban J connectivity index is 5.53. The van der Waals surface area contributed by atoms with Crippen LogP contribution in [0.15, 0.2) is 0 Å². The van der Waals surface area contributed by atoms with Gasteiger partial charge < -0.3 is 42.7 Å². The number of carboxylic acid groups (broad SMARTS) is 2. The molecule has 15 heteroatoms. The van der Waals surface area contributed by atoms with Gasteiger partial charge in [0.1, 0.15) is 12.1 Å². The van der Waals surface area contributed by atoms with Crippen LogP contribution in [-0.2, 0) is 28.8 Å². The predicted octanol–water partition coefficient (Wildman–Crippen LogP) is -3.27. The summed E-state index contributed by atoms with van der Waals surface area (Å²) in [5, 5.41) is 34.0. The monoisotopic (exact) mass is 493 g/mol. The molecule has 188 valence electrons. The fraction of sp³-hybridized carbons (Fsp3) is 0.667. The van der Waals surface area contributed by atoms with E-state index in [0.29, 0.717) is 12.2 Å². The minimum absolute atomic E-state index is 0.295. The summed E-state index contributed by atoms with van der Waals surface area (Å²) in [6.07, 6.45) is -0.974. The first-order valence-electron chi connectivity index (χ1n) is 9.86. The largest absolute Gasteiger partial charge is 0.481 e. The van der Waals surface area contributed by atoms with Crippen LogP contribution in [0.3, 0.4) is 0 Å². The Morgan fingerprint density at radius 2 is 1.45 bits per heavy atom.